The second-order valence-electron chi connectivity index (χ2n) is 6.42. The van der Waals surface area contributed by atoms with E-state index in [0.29, 0.717) is 24.6 Å². The monoisotopic (exact) mass is 370 g/mol. The lowest BCUT2D eigenvalue weighted by Gasteiger charge is -2.37. The molecule has 1 heterocycles. The number of amides is 1. The van der Waals surface area contributed by atoms with Gasteiger partial charge in [-0.3, -0.25) is 4.79 Å². The normalized spacial score (nSPS) is 15.2. The number of nitrogens with zero attached hydrogens (tertiary/aromatic N) is 2. The van der Waals surface area contributed by atoms with E-state index in [1.165, 1.54) is 0 Å². The number of hydrogen-bond donors (Lipinski definition) is 0. The van der Waals surface area contributed by atoms with E-state index in [1.54, 1.807) is 27.2 Å². The number of carbonyl (C=O) groups excluding carboxylic acids is 1. The summed E-state index contributed by atoms with van der Waals surface area (Å²) in [5.74, 6) is 2.19. The fourth-order valence-electron chi connectivity index (χ4n) is 3.24. The lowest BCUT2D eigenvalue weighted by molar-refractivity contribution is -0.138. The number of rotatable bonds is 6. The minimum Gasteiger partial charge on any atom is -0.497 e. The van der Waals surface area contributed by atoms with E-state index >= 15 is 0 Å². The second-order valence-corrected chi connectivity index (χ2v) is 6.42. The molecule has 2 aromatic rings. The van der Waals surface area contributed by atoms with Crippen LogP contribution < -0.4 is 19.1 Å². The molecule has 0 bridgehead atoms. The van der Waals surface area contributed by atoms with Crippen molar-refractivity contribution in [3.8, 4) is 17.2 Å². The third-order valence-electron chi connectivity index (χ3n) is 4.72. The van der Waals surface area contributed by atoms with E-state index in [2.05, 4.69) is 4.90 Å². The van der Waals surface area contributed by atoms with Gasteiger partial charge in [0.2, 0.25) is 0 Å². The molecule has 2 aromatic carbocycles. The van der Waals surface area contributed by atoms with Crippen molar-refractivity contribution in [3.63, 3.8) is 0 Å². The highest BCUT2D eigenvalue weighted by Gasteiger charge is 2.27. The summed E-state index contributed by atoms with van der Waals surface area (Å²) in [5, 5.41) is 0. The molecule has 0 spiro atoms. The molecule has 1 unspecified atom stereocenters. The summed E-state index contributed by atoms with van der Waals surface area (Å²) in [6.45, 7) is 4.62. The molecular formula is C21H26N2O4. The molecular weight excluding hydrogens is 344 g/mol. The smallest absolute Gasteiger partial charge is 0.263 e. The van der Waals surface area contributed by atoms with Crippen molar-refractivity contribution in [2.75, 3.05) is 45.3 Å². The summed E-state index contributed by atoms with van der Waals surface area (Å²) >= 11 is 0. The zero-order valence-corrected chi connectivity index (χ0v) is 16.1. The summed E-state index contributed by atoms with van der Waals surface area (Å²) in [6.07, 6.45) is -0.546. The van der Waals surface area contributed by atoms with Crippen LogP contribution in [0.3, 0.4) is 0 Å². The summed E-state index contributed by atoms with van der Waals surface area (Å²) in [7, 11) is 3.28. The Bertz CT molecular complexity index is 772. The van der Waals surface area contributed by atoms with Crippen molar-refractivity contribution >= 4 is 11.6 Å². The van der Waals surface area contributed by atoms with Gasteiger partial charge < -0.3 is 24.0 Å². The molecule has 1 fully saturated rings. The van der Waals surface area contributed by atoms with Crippen molar-refractivity contribution in [3.05, 3.63) is 48.5 Å². The summed E-state index contributed by atoms with van der Waals surface area (Å²) < 4.78 is 16.5. The van der Waals surface area contributed by atoms with Crippen LogP contribution in [0.25, 0.3) is 0 Å². The number of ether oxygens (including phenoxy) is 3. The van der Waals surface area contributed by atoms with Crippen molar-refractivity contribution in [1.82, 2.24) is 4.90 Å². The summed E-state index contributed by atoms with van der Waals surface area (Å²) in [6, 6.07) is 15.3. The zero-order valence-electron chi connectivity index (χ0n) is 16.1. The first kappa shape index (κ1) is 18.9. The molecule has 0 radical (unpaired) electrons. The fraction of sp³-hybridized carbons (Fsp3) is 0.381. The van der Waals surface area contributed by atoms with E-state index in [0.717, 1.165) is 24.5 Å². The van der Waals surface area contributed by atoms with Gasteiger partial charge in [0.05, 0.1) is 19.9 Å². The second kappa shape index (κ2) is 8.66. The molecule has 0 aliphatic carbocycles. The Hall–Kier alpha value is -2.89. The molecule has 1 amide bonds. The van der Waals surface area contributed by atoms with Crippen LogP contribution in [0.1, 0.15) is 6.92 Å². The van der Waals surface area contributed by atoms with Crippen LogP contribution in [0.2, 0.25) is 0 Å². The van der Waals surface area contributed by atoms with Crippen LogP contribution in [-0.2, 0) is 4.79 Å². The van der Waals surface area contributed by atoms with Crippen LogP contribution in [0, 0.1) is 0 Å². The van der Waals surface area contributed by atoms with E-state index in [4.69, 9.17) is 14.2 Å². The SMILES string of the molecule is COc1cccc(OC(C)C(=O)N2CCN(c3ccccc3OC)CC2)c1. The van der Waals surface area contributed by atoms with Gasteiger partial charge in [-0.05, 0) is 31.2 Å². The maximum Gasteiger partial charge on any atom is 0.263 e. The van der Waals surface area contributed by atoms with E-state index in [9.17, 15) is 4.79 Å². The number of hydrogen-bond acceptors (Lipinski definition) is 5. The molecule has 1 aliphatic rings. The molecule has 27 heavy (non-hydrogen) atoms. The predicted molar refractivity (Wildman–Crippen MR) is 105 cm³/mol. The third-order valence-corrected chi connectivity index (χ3v) is 4.72. The van der Waals surface area contributed by atoms with Gasteiger partial charge >= 0.3 is 0 Å². The van der Waals surface area contributed by atoms with Gasteiger partial charge in [-0.25, -0.2) is 0 Å². The van der Waals surface area contributed by atoms with Crippen LogP contribution >= 0.6 is 0 Å². The van der Waals surface area contributed by atoms with E-state index in [1.807, 2.05) is 47.4 Å². The van der Waals surface area contributed by atoms with Crippen LogP contribution in [0.4, 0.5) is 5.69 Å². The van der Waals surface area contributed by atoms with Gasteiger partial charge in [0.15, 0.2) is 6.10 Å². The number of carbonyl (C=O) groups is 1. The van der Waals surface area contributed by atoms with Crippen molar-refractivity contribution in [1.29, 1.82) is 0 Å². The van der Waals surface area contributed by atoms with E-state index < -0.39 is 6.10 Å². The van der Waals surface area contributed by atoms with Gasteiger partial charge in [0.1, 0.15) is 17.2 Å². The highest BCUT2D eigenvalue weighted by atomic mass is 16.5. The highest BCUT2D eigenvalue weighted by molar-refractivity contribution is 5.81. The first-order valence-electron chi connectivity index (χ1n) is 9.10. The predicted octanol–water partition coefficient (Wildman–Crippen LogP) is 2.82. The number of piperazine rings is 1. The Balaban J connectivity index is 1.57. The van der Waals surface area contributed by atoms with E-state index in [-0.39, 0.29) is 5.91 Å². The number of para-hydroxylation sites is 2. The lowest BCUT2D eigenvalue weighted by Crippen LogP contribution is -2.52. The topological polar surface area (TPSA) is 51.2 Å². The highest BCUT2D eigenvalue weighted by Crippen LogP contribution is 2.28. The Morgan fingerprint density at radius 3 is 2.33 bits per heavy atom. The van der Waals surface area contributed by atoms with Crippen molar-refractivity contribution in [2.24, 2.45) is 0 Å². The molecule has 1 aliphatic heterocycles. The van der Waals surface area contributed by atoms with Gasteiger partial charge in [-0.1, -0.05) is 18.2 Å². The fourth-order valence-corrected chi connectivity index (χ4v) is 3.24. The lowest BCUT2D eigenvalue weighted by atomic mass is 10.2. The molecule has 3 rings (SSSR count). The molecule has 144 valence electrons. The quantitative estimate of drug-likeness (QED) is 0.783. The molecule has 6 nitrogen and oxygen atoms in total. The number of anilines is 1. The van der Waals surface area contributed by atoms with Gasteiger partial charge in [0.25, 0.3) is 5.91 Å². The average Bonchev–Trinajstić information content (AvgIpc) is 2.73. The van der Waals surface area contributed by atoms with Crippen molar-refractivity contribution < 1.29 is 19.0 Å². The first-order chi connectivity index (χ1) is 13.1. The van der Waals surface area contributed by atoms with Crippen LogP contribution in [0.5, 0.6) is 17.2 Å². The summed E-state index contributed by atoms with van der Waals surface area (Å²) in [4.78, 5) is 16.9. The number of benzene rings is 2. The zero-order chi connectivity index (χ0) is 19.2. The first-order valence-corrected chi connectivity index (χ1v) is 9.10. The van der Waals surface area contributed by atoms with Crippen LogP contribution in [0.15, 0.2) is 48.5 Å². The van der Waals surface area contributed by atoms with Gasteiger partial charge in [0, 0.05) is 32.2 Å². The molecule has 6 heteroatoms. The minimum atomic E-state index is -0.546. The largest absolute Gasteiger partial charge is 0.497 e. The molecule has 1 saturated heterocycles. The third kappa shape index (κ3) is 4.45. The van der Waals surface area contributed by atoms with Crippen molar-refractivity contribution in [2.45, 2.75) is 13.0 Å². The standard InChI is InChI=1S/C21H26N2O4/c1-16(27-18-8-6-7-17(15-18)25-2)21(24)23-13-11-22(12-14-23)19-9-4-5-10-20(19)26-3/h4-10,15-16H,11-14H2,1-3H3. The molecule has 0 N–H and O–H groups in total. The Kier molecular flexibility index (Phi) is 6.06. The molecule has 0 saturated carbocycles. The summed E-state index contributed by atoms with van der Waals surface area (Å²) in [5.41, 5.74) is 1.06. The Morgan fingerprint density at radius 1 is 0.926 bits per heavy atom. The molecule has 1 atom stereocenters. The maximum absolute atomic E-state index is 12.7. The van der Waals surface area contributed by atoms with Gasteiger partial charge in [-0.2, -0.15) is 0 Å². The average molecular weight is 370 g/mol. The molecule has 0 aromatic heterocycles. The Labute approximate surface area is 160 Å². The van der Waals surface area contributed by atoms with Gasteiger partial charge in [-0.15, -0.1) is 0 Å². The maximum atomic E-state index is 12.7. The number of methoxy groups -OCH3 is 2. The minimum absolute atomic E-state index is 0.00232. The van der Waals surface area contributed by atoms with Crippen LogP contribution in [-0.4, -0.2) is 57.3 Å². The Morgan fingerprint density at radius 2 is 1.63 bits per heavy atom.